The maximum Gasteiger partial charge on any atom is 0.416 e. The highest BCUT2D eigenvalue weighted by molar-refractivity contribution is 7.92. The van der Waals surface area contributed by atoms with Gasteiger partial charge in [-0.1, -0.05) is 90.0 Å². The van der Waals surface area contributed by atoms with Gasteiger partial charge in [0.1, 0.15) is 12.6 Å². The van der Waals surface area contributed by atoms with Gasteiger partial charge in [0.2, 0.25) is 11.8 Å². The number of benzene rings is 4. The first-order valence-electron chi connectivity index (χ1n) is 14.4. The maximum absolute atomic E-state index is 14.4. The fraction of sp³-hybridized carbons (Fsp3) is 0.235. The highest BCUT2D eigenvalue weighted by Crippen LogP contribution is 2.37. The predicted octanol–water partition coefficient (Wildman–Crippen LogP) is 6.64. The van der Waals surface area contributed by atoms with E-state index < -0.39 is 51.9 Å². The first kappa shape index (κ1) is 34.5. The number of halogens is 4. The summed E-state index contributed by atoms with van der Waals surface area (Å²) in [5.74, 6) is -1.29. The second-order valence-electron chi connectivity index (χ2n) is 10.6. The second kappa shape index (κ2) is 14.8. The zero-order valence-corrected chi connectivity index (χ0v) is 26.7. The summed E-state index contributed by atoms with van der Waals surface area (Å²) >= 11 is 6.34. The molecule has 1 N–H and O–H groups in total. The Morgan fingerprint density at radius 3 is 2.11 bits per heavy atom. The summed E-state index contributed by atoms with van der Waals surface area (Å²) in [5.41, 5.74) is 0.641. The van der Waals surface area contributed by atoms with E-state index in [0.717, 1.165) is 23.3 Å². The number of hydrogen-bond donors (Lipinski definition) is 1. The Hall–Kier alpha value is -4.35. The number of anilines is 1. The molecule has 0 unspecified atom stereocenters. The van der Waals surface area contributed by atoms with Gasteiger partial charge in [0.05, 0.1) is 21.2 Å². The van der Waals surface area contributed by atoms with E-state index in [0.29, 0.717) is 15.9 Å². The van der Waals surface area contributed by atoms with E-state index in [-0.39, 0.29) is 29.4 Å². The molecular weight excluding hydrogens is 639 g/mol. The fourth-order valence-corrected chi connectivity index (χ4v) is 6.68. The average Bonchev–Trinajstić information content (AvgIpc) is 3.02. The summed E-state index contributed by atoms with van der Waals surface area (Å²) in [4.78, 5) is 29.0. The molecule has 0 radical (unpaired) electrons. The van der Waals surface area contributed by atoms with Crippen LogP contribution in [0.4, 0.5) is 18.9 Å². The molecule has 0 fully saturated rings. The van der Waals surface area contributed by atoms with E-state index in [4.69, 9.17) is 11.6 Å². The Kier molecular flexibility index (Phi) is 11.1. The lowest BCUT2D eigenvalue weighted by Crippen LogP contribution is -2.53. The van der Waals surface area contributed by atoms with Crippen LogP contribution in [-0.4, -0.2) is 44.3 Å². The van der Waals surface area contributed by atoms with Crippen molar-refractivity contribution < 1.29 is 31.2 Å². The van der Waals surface area contributed by atoms with Gasteiger partial charge in [-0.25, -0.2) is 8.42 Å². The molecule has 0 saturated carbocycles. The minimum Gasteiger partial charge on any atom is -0.355 e. The zero-order chi connectivity index (χ0) is 33.5. The molecule has 4 rings (SSSR count). The number of nitrogens with one attached hydrogen (secondary N) is 1. The van der Waals surface area contributed by atoms with Gasteiger partial charge in [0, 0.05) is 19.5 Å². The average molecular weight is 672 g/mol. The summed E-state index contributed by atoms with van der Waals surface area (Å²) in [6.45, 7) is 2.85. The number of amides is 2. The Bertz CT molecular complexity index is 1770. The molecule has 0 aliphatic heterocycles. The zero-order valence-electron chi connectivity index (χ0n) is 25.2. The highest BCUT2D eigenvalue weighted by Gasteiger charge is 2.37. The lowest BCUT2D eigenvalue weighted by Gasteiger charge is -2.34. The van der Waals surface area contributed by atoms with Crippen molar-refractivity contribution in [1.82, 2.24) is 10.2 Å². The second-order valence-corrected chi connectivity index (χ2v) is 12.9. The third-order valence-electron chi connectivity index (χ3n) is 7.21. The number of alkyl halides is 3. The Morgan fingerprint density at radius 2 is 1.50 bits per heavy atom. The molecule has 0 saturated heterocycles. The minimum absolute atomic E-state index is 0.0787. The topological polar surface area (TPSA) is 86.8 Å². The Balaban J connectivity index is 1.86. The molecule has 0 aliphatic carbocycles. The van der Waals surface area contributed by atoms with Gasteiger partial charge in [0.25, 0.3) is 10.0 Å². The van der Waals surface area contributed by atoms with Crippen LogP contribution in [0, 0.1) is 6.92 Å². The normalized spacial score (nSPS) is 12.3. The van der Waals surface area contributed by atoms with Crippen molar-refractivity contribution in [2.24, 2.45) is 0 Å². The molecule has 4 aromatic carbocycles. The number of hydrogen-bond acceptors (Lipinski definition) is 4. The van der Waals surface area contributed by atoms with E-state index >= 15 is 0 Å². The SMILES string of the molecule is CCNC(=O)[C@@H](Cc1ccccc1)N(Cc1cccc(C)c1)C(=O)CN(c1cc(C(F)(F)F)ccc1Cl)S(=O)(=O)c1ccccc1. The van der Waals surface area contributed by atoms with Crippen LogP contribution in [0.3, 0.4) is 0 Å². The highest BCUT2D eigenvalue weighted by atomic mass is 35.5. The number of sulfonamides is 1. The Labute approximate surface area is 271 Å². The van der Waals surface area contributed by atoms with Crippen molar-refractivity contribution in [2.75, 3.05) is 17.4 Å². The molecule has 7 nitrogen and oxygen atoms in total. The van der Waals surface area contributed by atoms with Crippen molar-refractivity contribution in [3.05, 3.63) is 130 Å². The van der Waals surface area contributed by atoms with Crippen molar-refractivity contribution in [3.8, 4) is 0 Å². The largest absolute Gasteiger partial charge is 0.416 e. The summed E-state index contributed by atoms with van der Waals surface area (Å²) in [7, 11) is -4.63. The first-order valence-corrected chi connectivity index (χ1v) is 16.2. The van der Waals surface area contributed by atoms with Crippen molar-refractivity contribution >= 4 is 39.1 Å². The number of nitrogens with zero attached hydrogens (tertiary/aromatic N) is 2. The molecule has 12 heteroatoms. The lowest BCUT2D eigenvalue weighted by molar-refractivity contribution is -0.140. The summed E-state index contributed by atoms with van der Waals surface area (Å²) in [5, 5.41) is 2.45. The minimum atomic E-state index is -4.82. The summed E-state index contributed by atoms with van der Waals surface area (Å²) in [6, 6.07) is 24.5. The molecule has 0 bridgehead atoms. The van der Waals surface area contributed by atoms with Crippen molar-refractivity contribution in [3.63, 3.8) is 0 Å². The van der Waals surface area contributed by atoms with Gasteiger partial charge >= 0.3 is 6.18 Å². The summed E-state index contributed by atoms with van der Waals surface area (Å²) in [6.07, 6.45) is -4.72. The molecule has 1 atom stereocenters. The van der Waals surface area contributed by atoms with Crippen LogP contribution >= 0.6 is 11.6 Å². The van der Waals surface area contributed by atoms with E-state index in [2.05, 4.69) is 5.32 Å². The molecule has 0 aliphatic rings. The van der Waals surface area contributed by atoms with Crippen LogP contribution in [0.5, 0.6) is 0 Å². The van der Waals surface area contributed by atoms with Crippen LogP contribution < -0.4 is 9.62 Å². The number of carbonyl (C=O) groups excluding carboxylic acids is 2. The van der Waals surface area contributed by atoms with Gasteiger partial charge in [-0.15, -0.1) is 0 Å². The number of rotatable bonds is 12. The van der Waals surface area contributed by atoms with Crippen molar-refractivity contribution in [2.45, 2.75) is 43.9 Å². The Morgan fingerprint density at radius 1 is 0.870 bits per heavy atom. The van der Waals surface area contributed by atoms with E-state index in [9.17, 15) is 31.2 Å². The molecule has 0 spiro atoms. The third-order valence-corrected chi connectivity index (χ3v) is 9.30. The van der Waals surface area contributed by atoms with Gasteiger partial charge in [-0.2, -0.15) is 13.2 Å². The van der Waals surface area contributed by atoms with Crippen LogP contribution in [0.25, 0.3) is 0 Å². The van der Waals surface area contributed by atoms with Crippen molar-refractivity contribution in [1.29, 1.82) is 0 Å². The van der Waals surface area contributed by atoms with Gasteiger partial charge in [0.15, 0.2) is 0 Å². The van der Waals surface area contributed by atoms with E-state index in [1.807, 2.05) is 25.1 Å². The van der Waals surface area contributed by atoms with Crippen LogP contribution in [-0.2, 0) is 38.8 Å². The molecular formula is C34H33ClF3N3O4S. The lowest BCUT2D eigenvalue weighted by atomic mass is 10.0. The third kappa shape index (κ3) is 8.46. The number of aryl methyl sites for hydroxylation is 1. The molecule has 4 aromatic rings. The molecule has 46 heavy (non-hydrogen) atoms. The van der Waals surface area contributed by atoms with E-state index in [1.165, 1.54) is 29.2 Å². The molecule has 2 amide bonds. The number of carbonyl (C=O) groups is 2. The maximum atomic E-state index is 14.4. The van der Waals surface area contributed by atoms with Gasteiger partial charge < -0.3 is 10.2 Å². The molecule has 0 aromatic heterocycles. The van der Waals surface area contributed by atoms with Crippen LogP contribution in [0.1, 0.15) is 29.2 Å². The smallest absolute Gasteiger partial charge is 0.355 e. The standard InChI is InChI=1S/C34H33ClF3N3O4S/c1-3-39-33(43)31(20-25-12-6-4-7-13-25)40(22-26-14-10-11-24(2)19-26)32(42)23-41(46(44,45)28-15-8-5-9-16-28)30-21-27(34(36,37)38)17-18-29(30)35/h4-19,21,31H,3,20,22-23H2,1-2H3,(H,39,43)/t31-/m1/s1. The first-order chi connectivity index (χ1) is 21.8. The molecule has 242 valence electrons. The molecule has 0 heterocycles. The quantitative estimate of drug-likeness (QED) is 0.183. The van der Waals surface area contributed by atoms with Gasteiger partial charge in [-0.05, 0) is 55.3 Å². The number of likely N-dealkylation sites (N-methyl/N-ethyl adjacent to an activating group) is 1. The van der Waals surface area contributed by atoms with E-state index in [1.54, 1.807) is 49.4 Å². The van der Waals surface area contributed by atoms with Gasteiger partial charge in [-0.3, -0.25) is 13.9 Å². The fourth-order valence-electron chi connectivity index (χ4n) is 4.97. The monoisotopic (exact) mass is 671 g/mol. The summed E-state index contributed by atoms with van der Waals surface area (Å²) < 4.78 is 70.0. The van der Waals surface area contributed by atoms with Crippen LogP contribution in [0.2, 0.25) is 5.02 Å². The van der Waals surface area contributed by atoms with Crippen LogP contribution in [0.15, 0.2) is 108 Å². The predicted molar refractivity (Wildman–Crippen MR) is 172 cm³/mol.